The van der Waals surface area contributed by atoms with Crippen LogP contribution in [0.25, 0.3) is 0 Å². The van der Waals surface area contributed by atoms with Crippen molar-refractivity contribution in [2.24, 2.45) is 5.92 Å². The zero-order valence-corrected chi connectivity index (χ0v) is 15.6. The molecule has 2 N–H and O–H groups in total. The van der Waals surface area contributed by atoms with Gasteiger partial charge in [0, 0.05) is 32.7 Å². The Morgan fingerprint density at radius 2 is 1.88 bits per heavy atom. The van der Waals surface area contributed by atoms with Gasteiger partial charge in [-0.05, 0) is 67.3 Å². The van der Waals surface area contributed by atoms with Crippen molar-refractivity contribution in [1.29, 1.82) is 0 Å². The summed E-state index contributed by atoms with van der Waals surface area (Å²) in [5.41, 5.74) is 4.96. The molecule has 2 nitrogen and oxygen atoms in total. The fraction of sp³-hybridized carbons (Fsp3) is 0.217. The average molecular weight is 359 g/mol. The quantitative estimate of drug-likeness (QED) is 0.514. The van der Waals surface area contributed by atoms with Gasteiger partial charge in [-0.1, -0.05) is 30.4 Å². The molecule has 130 valence electrons. The molecule has 0 spiro atoms. The van der Waals surface area contributed by atoms with E-state index in [9.17, 15) is 0 Å². The molecular weight excluding hydrogens is 336 g/mol. The fourth-order valence-electron chi connectivity index (χ4n) is 4.26. The van der Waals surface area contributed by atoms with Crippen LogP contribution < -0.4 is 10.6 Å². The monoisotopic (exact) mass is 358 g/mol. The van der Waals surface area contributed by atoms with Gasteiger partial charge >= 0.3 is 0 Å². The summed E-state index contributed by atoms with van der Waals surface area (Å²) in [7, 11) is 0. The summed E-state index contributed by atoms with van der Waals surface area (Å²) in [5.74, 6) is 1.10. The Morgan fingerprint density at radius 1 is 1.00 bits per heavy atom. The van der Waals surface area contributed by atoms with Crippen LogP contribution >= 0.6 is 11.3 Å². The minimum Gasteiger partial charge on any atom is -0.377 e. The second-order valence-corrected chi connectivity index (χ2v) is 8.54. The van der Waals surface area contributed by atoms with Gasteiger partial charge < -0.3 is 10.6 Å². The number of para-hydroxylation sites is 1. The van der Waals surface area contributed by atoms with E-state index in [0.717, 1.165) is 17.8 Å². The standard InChI is InChI=1S/C23H22N2S/c1-15-10-13-22(26-15)23-19-9-5-8-18(19)20-14-17(11-12-21(20)25-23)24-16-6-3-2-4-7-16/h2-8,10-14,18-19,23-25H,9H2,1H3. The molecule has 0 bridgehead atoms. The Bertz CT molecular complexity index is 957. The van der Waals surface area contributed by atoms with Gasteiger partial charge in [0.25, 0.3) is 0 Å². The maximum atomic E-state index is 3.83. The molecule has 5 rings (SSSR count). The Hall–Kier alpha value is -2.52. The zero-order chi connectivity index (χ0) is 17.5. The van der Waals surface area contributed by atoms with Gasteiger partial charge in [-0.25, -0.2) is 0 Å². The third kappa shape index (κ3) is 2.73. The molecule has 2 aliphatic rings. The molecule has 0 saturated heterocycles. The number of anilines is 3. The lowest BCUT2D eigenvalue weighted by Gasteiger charge is -2.37. The Balaban J connectivity index is 1.49. The zero-order valence-electron chi connectivity index (χ0n) is 14.8. The molecule has 3 atom stereocenters. The minimum absolute atomic E-state index is 0.411. The molecule has 0 radical (unpaired) electrons. The number of aryl methyl sites for hydroxylation is 1. The normalized spacial score (nSPS) is 23.2. The van der Waals surface area contributed by atoms with Crippen LogP contribution in [0.5, 0.6) is 0 Å². The predicted molar refractivity (Wildman–Crippen MR) is 112 cm³/mol. The second-order valence-electron chi connectivity index (χ2n) is 7.22. The highest BCUT2D eigenvalue weighted by Gasteiger charge is 2.38. The van der Waals surface area contributed by atoms with Gasteiger partial charge in [0.1, 0.15) is 0 Å². The molecule has 1 aromatic heterocycles. The van der Waals surface area contributed by atoms with E-state index in [1.165, 1.54) is 21.0 Å². The molecule has 1 aliphatic carbocycles. The van der Waals surface area contributed by atoms with Crippen molar-refractivity contribution >= 4 is 28.4 Å². The summed E-state index contributed by atoms with van der Waals surface area (Å²) in [6.07, 6.45) is 5.91. The van der Waals surface area contributed by atoms with Crippen LogP contribution in [0.3, 0.4) is 0 Å². The molecule has 3 heteroatoms. The summed E-state index contributed by atoms with van der Waals surface area (Å²) < 4.78 is 0. The number of hydrogen-bond donors (Lipinski definition) is 2. The van der Waals surface area contributed by atoms with Crippen LogP contribution in [0.2, 0.25) is 0 Å². The molecule has 2 heterocycles. The predicted octanol–water partition coefficient (Wildman–Crippen LogP) is 6.63. The Morgan fingerprint density at radius 3 is 2.69 bits per heavy atom. The maximum absolute atomic E-state index is 3.83. The van der Waals surface area contributed by atoms with E-state index in [0.29, 0.717) is 17.9 Å². The fourth-order valence-corrected chi connectivity index (χ4v) is 5.27. The SMILES string of the molecule is Cc1ccc(C2Nc3ccc(Nc4ccccc4)cc3C3C=CCC32)s1. The van der Waals surface area contributed by atoms with Crippen LogP contribution in [-0.4, -0.2) is 0 Å². The molecule has 0 saturated carbocycles. The van der Waals surface area contributed by atoms with Crippen molar-refractivity contribution in [3.8, 4) is 0 Å². The average Bonchev–Trinajstić information content (AvgIpc) is 3.31. The number of nitrogens with one attached hydrogen (secondary N) is 2. The van der Waals surface area contributed by atoms with Crippen LogP contribution in [-0.2, 0) is 0 Å². The van der Waals surface area contributed by atoms with Gasteiger partial charge in [0.2, 0.25) is 0 Å². The lowest BCUT2D eigenvalue weighted by molar-refractivity contribution is 0.430. The van der Waals surface area contributed by atoms with Crippen LogP contribution in [0.4, 0.5) is 17.1 Å². The van der Waals surface area contributed by atoms with Crippen molar-refractivity contribution < 1.29 is 0 Å². The van der Waals surface area contributed by atoms with Gasteiger partial charge in [-0.2, -0.15) is 0 Å². The summed E-state index contributed by atoms with van der Waals surface area (Å²) in [6.45, 7) is 2.19. The summed E-state index contributed by atoms with van der Waals surface area (Å²) in [5, 5.41) is 7.36. The van der Waals surface area contributed by atoms with Gasteiger partial charge in [0.05, 0.1) is 6.04 Å². The highest BCUT2D eigenvalue weighted by atomic mass is 32.1. The van der Waals surface area contributed by atoms with E-state index in [2.05, 4.69) is 84.3 Å². The van der Waals surface area contributed by atoms with Crippen molar-refractivity contribution in [3.05, 3.63) is 88.1 Å². The number of fused-ring (bicyclic) bond motifs is 3. The first-order chi connectivity index (χ1) is 12.8. The van der Waals surface area contributed by atoms with Crippen molar-refractivity contribution in [3.63, 3.8) is 0 Å². The number of hydrogen-bond acceptors (Lipinski definition) is 3. The second kappa shape index (κ2) is 6.33. The van der Waals surface area contributed by atoms with Crippen LogP contribution in [0.15, 0.2) is 72.8 Å². The molecule has 2 aromatic carbocycles. The topological polar surface area (TPSA) is 24.1 Å². The molecule has 3 unspecified atom stereocenters. The molecule has 3 aromatic rings. The van der Waals surface area contributed by atoms with Crippen LogP contribution in [0, 0.1) is 12.8 Å². The molecule has 0 amide bonds. The summed E-state index contributed by atoms with van der Waals surface area (Å²) in [4.78, 5) is 2.84. The van der Waals surface area contributed by atoms with E-state index < -0.39 is 0 Å². The number of allylic oxidation sites excluding steroid dienone is 2. The Labute approximate surface area is 158 Å². The number of rotatable bonds is 3. The van der Waals surface area contributed by atoms with Gasteiger partial charge in [0.15, 0.2) is 0 Å². The maximum Gasteiger partial charge on any atom is 0.0646 e. The van der Waals surface area contributed by atoms with E-state index in [4.69, 9.17) is 0 Å². The lowest BCUT2D eigenvalue weighted by atomic mass is 9.79. The molecule has 26 heavy (non-hydrogen) atoms. The first-order valence-electron chi connectivity index (χ1n) is 9.23. The molecule has 0 fully saturated rings. The largest absolute Gasteiger partial charge is 0.377 e. The van der Waals surface area contributed by atoms with Crippen molar-refractivity contribution in [2.75, 3.05) is 10.6 Å². The van der Waals surface area contributed by atoms with Crippen molar-refractivity contribution in [1.82, 2.24) is 0 Å². The summed E-state index contributed by atoms with van der Waals surface area (Å²) in [6, 6.07) is 22.0. The Kier molecular flexibility index (Phi) is 3.83. The molecular formula is C23H22N2S. The third-order valence-corrected chi connectivity index (χ3v) is 6.58. The number of benzene rings is 2. The van der Waals surface area contributed by atoms with E-state index in [1.54, 1.807) is 0 Å². The smallest absolute Gasteiger partial charge is 0.0646 e. The van der Waals surface area contributed by atoms with E-state index in [-0.39, 0.29) is 0 Å². The third-order valence-electron chi connectivity index (χ3n) is 5.49. The summed E-state index contributed by atoms with van der Waals surface area (Å²) >= 11 is 1.92. The minimum atomic E-state index is 0.411. The first kappa shape index (κ1) is 15.7. The van der Waals surface area contributed by atoms with E-state index in [1.807, 2.05) is 17.4 Å². The highest BCUT2D eigenvalue weighted by molar-refractivity contribution is 7.12. The van der Waals surface area contributed by atoms with E-state index >= 15 is 0 Å². The van der Waals surface area contributed by atoms with Crippen molar-refractivity contribution in [2.45, 2.75) is 25.3 Å². The van der Waals surface area contributed by atoms with Crippen LogP contribution in [0.1, 0.15) is 33.7 Å². The lowest BCUT2D eigenvalue weighted by Crippen LogP contribution is -2.28. The molecule has 1 aliphatic heterocycles. The number of thiophene rings is 1. The van der Waals surface area contributed by atoms with Gasteiger partial charge in [-0.3, -0.25) is 0 Å². The highest BCUT2D eigenvalue weighted by Crippen LogP contribution is 2.51. The van der Waals surface area contributed by atoms with Gasteiger partial charge in [-0.15, -0.1) is 11.3 Å². The first-order valence-corrected chi connectivity index (χ1v) is 10.1.